The van der Waals surface area contributed by atoms with Gasteiger partial charge >= 0.3 is 6.18 Å². The lowest BCUT2D eigenvalue weighted by Gasteiger charge is -2.27. The summed E-state index contributed by atoms with van der Waals surface area (Å²) in [7, 11) is 0. The van der Waals surface area contributed by atoms with Crippen LogP contribution in [0.2, 0.25) is 0 Å². The number of hydrogen-bond donors (Lipinski definition) is 4. The second kappa shape index (κ2) is 9.70. The Labute approximate surface area is 155 Å². The van der Waals surface area contributed by atoms with Gasteiger partial charge in [-0.05, 0) is 24.1 Å². The van der Waals surface area contributed by atoms with Gasteiger partial charge in [0.05, 0.1) is 12.2 Å². The van der Waals surface area contributed by atoms with Crippen molar-refractivity contribution in [2.75, 3.05) is 19.7 Å². The molecule has 6 nitrogen and oxygen atoms in total. The Bertz CT molecular complexity index is 630. The van der Waals surface area contributed by atoms with Crippen molar-refractivity contribution in [3.05, 3.63) is 35.4 Å². The van der Waals surface area contributed by atoms with Gasteiger partial charge < -0.3 is 20.8 Å². The summed E-state index contributed by atoms with van der Waals surface area (Å²) in [6.45, 7) is 2.97. The number of nitrogens with one attached hydrogen (secondary N) is 2. The standard InChI is InChI=1S/C18H25F3N2O4/c1-17(2,11-24)15(26)16(27)23-10-9-22-14(25)8-5-12-3-6-13(7-4-12)18(19,20)21/h3-4,6-7,15,24,26H,5,8-11H2,1-2H3,(H,22,25)(H,23,27)/t15-/m0/s1. The predicted octanol–water partition coefficient (Wildman–Crippen LogP) is 1.25. The van der Waals surface area contributed by atoms with Crippen LogP contribution in [0.3, 0.4) is 0 Å². The summed E-state index contributed by atoms with van der Waals surface area (Å²) in [4.78, 5) is 23.5. The first kappa shape index (κ1) is 22.9. The predicted molar refractivity (Wildman–Crippen MR) is 92.7 cm³/mol. The van der Waals surface area contributed by atoms with Crippen LogP contribution < -0.4 is 10.6 Å². The average molecular weight is 390 g/mol. The Balaban J connectivity index is 2.29. The van der Waals surface area contributed by atoms with E-state index in [1.807, 2.05) is 0 Å². The normalized spacial score (nSPS) is 13.1. The Morgan fingerprint density at radius 2 is 1.63 bits per heavy atom. The molecule has 0 spiro atoms. The van der Waals surface area contributed by atoms with Crippen LogP contribution in [-0.2, 0) is 22.2 Å². The summed E-state index contributed by atoms with van der Waals surface area (Å²) in [5.41, 5.74) is -1.10. The van der Waals surface area contributed by atoms with E-state index in [1.165, 1.54) is 12.1 Å². The van der Waals surface area contributed by atoms with E-state index in [2.05, 4.69) is 10.6 Å². The van der Waals surface area contributed by atoms with Crippen LogP contribution in [0.4, 0.5) is 13.2 Å². The molecule has 0 unspecified atom stereocenters. The van der Waals surface area contributed by atoms with Gasteiger partial charge in [0.15, 0.2) is 0 Å². The number of amides is 2. The van der Waals surface area contributed by atoms with E-state index in [9.17, 15) is 27.9 Å². The summed E-state index contributed by atoms with van der Waals surface area (Å²) in [6, 6.07) is 4.62. The smallest absolute Gasteiger partial charge is 0.396 e. The molecule has 27 heavy (non-hydrogen) atoms. The van der Waals surface area contributed by atoms with Crippen molar-refractivity contribution in [2.45, 2.75) is 39.0 Å². The van der Waals surface area contributed by atoms with E-state index in [0.29, 0.717) is 12.0 Å². The quantitative estimate of drug-likeness (QED) is 0.477. The maximum absolute atomic E-state index is 12.5. The van der Waals surface area contributed by atoms with E-state index in [1.54, 1.807) is 13.8 Å². The zero-order chi connectivity index (χ0) is 20.7. The lowest BCUT2D eigenvalue weighted by atomic mass is 9.87. The summed E-state index contributed by atoms with van der Waals surface area (Å²) in [5, 5.41) is 23.9. The fraction of sp³-hybridized carbons (Fsp3) is 0.556. The molecule has 2 amide bonds. The zero-order valence-electron chi connectivity index (χ0n) is 15.3. The molecule has 1 atom stereocenters. The first-order valence-corrected chi connectivity index (χ1v) is 8.47. The number of halogens is 3. The minimum absolute atomic E-state index is 0.0967. The van der Waals surface area contributed by atoms with E-state index in [-0.39, 0.29) is 32.0 Å². The van der Waals surface area contributed by atoms with Crippen molar-refractivity contribution in [2.24, 2.45) is 5.41 Å². The molecule has 9 heteroatoms. The van der Waals surface area contributed by atoms with Gasteiger partial charge in [0.2, 0.25) is 11.8 Å². The highest BCUT2D eigenvalue weighted by atomic mass is 19.4. The number of carbonyl (C=O) groups excluding carboxylic acids is 2. The highest BCUT2D eigenvalue weighted by molar-refractivity contribution is 5.81. The fourth-order valence-electron chi connectivity index (χ4n) is 2.13. The molecule has 0 aliphatic carbocycles. The number of hydrogen-bond acceptors (Lipinski definition) is 4. The van der Waals surface area contributed by atoms with Crippen LogP contribution in [-0.4, -0.2) is 47.8 Å². The molecular formula is C18H25F3N2O4. The fourth-order valence-corrected chi connectivity index (χ4v) is 2.13. The molecule has 152 valence electrons. The van der Waals surface area contributed by atoms with Crippen LogP contribution in [0.25, 0.3) is 0 Å². The van der Waals surface area contributed by atoms with Crippen LogP contribution >= 0.6 is 0 Å². The Hall–Kier alpha value is -2.13. The first-order valence-electron chi connectivity index (χ1n) is 8.47. The summed E-state index contributed by atoms with van der Waals surface area (Å²) < 4.78 is 37.4. The largest absolute Gasteiger partial charge is 0.416 e. The van der Waals surface area contributed by atoms with Gasteiger partial charge in [-0.15, -0.1) is 0 Å². The van der Waals surface area contributed by atoms with Crippen molar-refractivity contribution in [1.29, 1.82) is 0 Å². The molecule has 0 bridgehead atoms. The molecule has 1 aromatic carbocycles. The number of aryl methyl sites for hydroxylation is 1. The number of aliphatic hydroxyl groups excluding tert-OH is 2. The van der Waals surface area contributed by atoms with Gasteiger partial charge in [-0.25, -0.2) is 0 Å². The van der Waals surface area contributed by atoms with Crippen LogP contribution in [0.1, 0.15) is 31.4 Å². The number of alkyl halides is 3. The molecule has 0 aliphatic heterocycles. The summed E-state index contributed by atoms with van der Waals surface area (Å²) >= 11 is 0. The van der Waals surface area contributed by atoms with E-state index in [4.69, 9.17) is 5.11 Å². The van der Waals surface area contributed by atoms with Crippen molar-refractivity contribution in [3.8, 4) is 0 Å². The van der Waals surface area contributed by atoms with Crippen molar-refractivity contribution >= 4 is 11.8 Å². The van der Waals surface area contributed by atoms with Crippen LogP contribution in [0.15, 0.2) is 24.3 Å². The summed E-state index contributed by atoms with van der Waals surface area (Å²) in [6.07, 6.45) is -5.38. The molecule has 1 aromatic rings. The van der Waals surface area contributed by atoms with Gasteiger partial charge in [0.25, 0.3) is 0 Å². The van der Waals surface area contributed by atoms with Crippen LogP contribution in [0, 0.1) is 5.41 Å². The third-order valence-corrected chi connectivity index (χ3v) is 4.06. The SMILES string of the molecule is CC(C)(CO)[C@@H](O)C(=O)NCCNC(=O)CCc1ccc(C(F)(F)F)cc1. The van der Waals surface area contributed by atoms with Gasteiger partial charge in [-0.2, -0.15) is 13.2 Å². The van der Waals surface area contributed by atoms with Crippen molar-refractivity contribution in [3.63, 3.8) is 0 Å². The average Bonchev–Trinajstić information content (AvgIpc) is 2.62. The summed E-state index contributed by atoms with van der Waals surface area (Å²) in [5.74, 6) is -0.951. The number of carbonyl (C=O) groups is 2. The van der Waals surface area contributed by atoms with Crippen molar-refractivity contribution in [1.82, 2.24) is 10.6 Å². The molecule has 1 rings (SSSR count). The molecule has 0 heterocycles. The van der Waals surface area contributed by atoms with Gasteiger partial charge in [-0.1, -0.05) is 26.0 Å². The Kier molecular flexibility index (Phi) is 8.23. The minimum atomic E-state index is -4.39. The second-order valence-corrected chi connectivity index (χ2v) is 6.88. The number of rotatable bonds is 9. The molecule has 4 N–H and O–H groups in total. The van der Waals surface area contributed by atoms with Crippen molar-refractivity contribution < 1.29 is 33.0 Å². The Morgan fingerprint density at radius 1 is 1.07 bits per heavy atom. The Morgan fingerprint density at radius 3 is 2.15 bits per heavy atom. The number of benzene rings is 1. The molecule has 0 aliphatic rings. The topological polar surface area (TPSA) is 98.7 Å². The molecule has 0 fully saturated rings. The molecule has 0 aromatic heterocycles. The zero-order valence-corrected chi connectivity index (χ0v) is 15.3. The molecule has 0 saturated heterocycles. The van der Waals surface area contributed by atoms with E-state index < -0.39 is 29.2 Å². The van der Waals surface area contributed by atoms with E-state index in [0.717, 1.165) is 12.1 Å². The highest BCUT2D eigenvalue weighted by Crippen LogP contribution is 2.29. The second-order valence-electron chi connectivity index (χ2n) is 6.88. The molecule has 0 saturated carbocycles. The van der Waals surface area contributed by atoms with E-state index >= 15 is 0 Å². The minimum Gasteiger partial charge on any atom is -0.396 e. The number of aliphatic hydroxyl groups is 2. The highest BCUT2D eigenvalue weighted by Gasteiger charge is 2.32. The van der Waals surface area contributed by atoms with Crippen LogP contribution in [0.5, 0.6) is 0 Å². The third kappa shape index (κ3) is 7.56. The van der Waals surface area contributed by atoms with Gasteiger partial charge in [0.1, 0.15) is 6.10 Å². The molecule has 0 radical (unpaired) electrons. The van der Waals surface area contributed by atoms with Gasteiger partial charge in [-0.3, -0.25) is 9.59 Å². The lowest BCUT2D eigenvalue weighted by molar-refractivity contribution is -0.138. The first-order chi connectivity index (χ1) is 12.5. The maximum atomic E-state index is 12.5. The monoisotopic (exact) mass is 390 g/mol. The van der Waals surface area contributed by atoms with Gasteiger partial charge in [0, 0.05) is 24.9 Å². The molecular weight excluding hydrogens is 365 g/mol. The third-order valence-electron chi connectivity index (χ3n) is 4.06. The lowest BCUT2D eigenvalue weighted by Crippen LogP contribution is -2.47. The maximum Gasteiger partial charge on any atom is 0.416 e.